The standard InChI is InChI=1S/C15H10FN3O/c16-10-3-4-13-11(6-10)15-12(8-20-13)14(18-19-15)9-2-1-5-17-7-9/h1-7H,8H2,(H,18,19). The average Bonchev–Trinajstić information content (AvgIpc) is 2.92. The van der Waals surface area contributed by atoms with Gasteiger partial charge in [-0.1, -0.05) is 0 Å². The van der Waals surface area contributed by atoms with E-state index in [2.05, 4.69) is 15.2 Å². The minimum Gasteiger partial charge on any atom is -0.488 e. The van der Waals surface area contributed by atoms with Crippen molar-refractivity contribution in [3.8, 4) is 28.3 Å². The van der Waals surface area contributed by atoms with Gasteiger partial charge in [-0.05, 0) is 30.3 Å². The Kier molecular flexibility index (Phi) is 2.32. The first-order valence-corrected chi connectivity index (χ1v) is 6.23. The van der Waals surface area contributed by atoms with Crippen LogP contribution in [0.2, 0.25) is 0 Å². The zero-order valence-corrected chi connectivity index (χ0v) is 10.4. The summed E-state index contributed by atoms with van der Waals surface area (Å²) < 4.78 is 19.1. The summed E-state index contributed by atoms with van der Waals surface area (Å²) in [5.74, 6) is 0.373. The van der Waals surface area contributed by atoms with E-state index < -0.39 is 0 Å². The van der Waals surface area contributed by atoms with Crippen molar-refractivity contribution in [3.05, 3.63) is 54.1 Å². The van der Waals surface area contributed by atoms with E-state index in [0.717, 1.165) is 22.5 Å². The third-order valence-electron chi connectivity index (χ3n) is 3.39. The lowest BCUT2D eigenvalue weighted by Crippen LogP contribution is -2.05. The molecule has 0 unspecified atom stereocenters. The SMILES string of the molecule is Fc1ccc2c(c1)-c1[nH]nc(-c3cccnc3)c1CO2. The number of pyridine rings is 1. The summed E-state index contributed by atoms with van der Waals surface area (Å²) in [5.41, 5.74) is 4.14. The minimum atomic E-state index is -0.294. The van der Waals surface area contributed by atoms with E-state index in [0.29, 0.717) is 17.9 Å². The molecule has 2 aromatic heterocycles. The molecule has 0 fully saturated rings. The molecule has 0 saturated carbocycles. The van der Waals surface area contributed by atoms with Crippen LogP contribution in [0.25, 0.3) is 22.5 Å². The topological polar surface area (TPSA) is 50.8 Å². The fraction of sp³-hybridized carbons (Fsp3) is 0.0667. The lowest BCUT2D eigenvalue weighted by atomic mass is 10.0. The van der Waals surface area contributed by atoms with Gasteiger partial charge in [0.25, 0.3) is 0 Å². The molecule has 4 rings (SSSR count). The summed E-state index contributed by atoms with van der Waals surface area (Å²) in [6.07, 6.45) is 3.46. The van der Waals surface area contributed by atoms with Crippen LogP contribution in [0, 0.1) is 5.82 Å². The van der Waals surface area contributed by atoms with Gasteiger partial charge in [-0.25, -0.2) is 4.39 Å². The van der Waals surface area contributed by atoms with Gasteiger partial charge in [-0.15, -0.1) is 0 Å². The van der Waals surface area contributed by atoms with Crippen LogP contribution in [0.5, 0.6) is 5.75 Å². The first kappa shape index (κ1) is 11.2. The molecule has 5 heteroatoms. The number of nitrogens with one attached hydrogen (secondary N) is 1. The molecule has 0 amide bonds. The highest BCUT2D eigenvalue weighted by atomic mass is 19.1. The Morgan fingerprint density at radius 3 is 3.05 bits per heavy atom. The van der Waals surface area contributed by atoms with Gasteiger partial charge in [0, 0.05) is 29.1 Å². The van der Waals surface area contributed by atoms with Gasteiger partial charge < -0.3 is 4.74 Å². The third kappa shape index (κ3) is 1.60. The van der Waals surface area contributed by atoms with Crippen LogP contribution in [-0.2, 0) is 6.61 Å². The second-order valence-corrected chi connectivity index (χ2v) is 4.60. The average molecular weight is 267 g/mol. The maximum Gasteiger partial charge on any atom is 0.129 e. The Hall–Kier alpha value is -2.69. The van der Waals surface area contributed by atoms with E-state index in [1.807, 2.05) is 12.1 Å². The van der Waals surface area contributed by atoms with Crippen molar-refractivity contribution >= 4 is 0 Å². The van der Waals surface area contributed by atoms with Gasteiger partial charge in [0.15, 0.2) is 0 Å². The molecule has 0 spiro atoms. The van der Waals surface area contributed by atoms with Crippen LogP contribution in [0.4, 0.5) is 4.39 Å². The van der Waals surface area contributed by atoms with E-state index in [1.165, 1.54) is 12.1 Å². The Bertz CT molecular complexity index is 783. The molecule has 1 aromatic carbocycles. The Labute approximate surface area is 114 Å². The van der Waals surface area contributed by atoms with Crippen molar-refractivity contribution in [1.82, 2.24) is 15.2 Å². The number of rotatable bonds is 1. The summed E-state index contributed by atoms with van der Waals surface area (Å²) in [4.78, 5) is 4.09. The third-order valence-corrected chi connectivity index (χ3v) is 3.39. The number of benzene rings is 1. The smallest absolute Gasteiger partial charge is 0.129 e. The number of halogens is 1. The second-order valence-electron chi connectivity index (χ2n) is 4.60. The van der Waals surface area contributed by atoms with Crippen molar-refractivity contribution in [2.45, 2.75) is 6.61 Å². The number of ether oxygens (including phenoxy) is 1. The van der Waals surface area contributed by atoms with Crippen molar-refractivity contribution in [2.75, 3.05) is 0 Å². The zero-order chi connectivity index (χ0) is 13.5. The summed E-state index contributed by atoms with van der Waals surface area (Å²) >= 11 is 0. The number of aromatic amines is 1. The molecule has 4 nitrogen and oxygen atoms in total. The number of hydrogen-bond donors (Lipinski definition) is 1. The molecule has 1 N–H and O–H groups in total. The Morgan fingerprint density at radius 2 is 2.20 bits per heavy atom. The van der Waals surface area contributed by atoms with Gasteiger partial charge in [-0.3, -0.25) is 10.1 Å². The molecule has 1 aliphatic rings. The van der Waals surface area contributed by atoms with Gasteiger partial charge in [0.05, 0.1) is 5.69 Å². The van der Waals surface area contributed by atoms with Crippen LogP contribution in [0.1, 0.15) is 5.56 Å². The molecule has 0 aliphatic carbocycles. The maximum atomic E-state index is 13.4. The lowest BCUT2D eigenvalue weighted by molar-refractivity contribution is 0.302. The summed E-state index contributed by atoms with van der Waals surface area (Å²) in [5, 5.41) is 7.31. The van der Waals surface area contributed by atoms with Crippen LogP contribution in [0.15, 0.2) is 42.7 Å². The van der Waals surface area contributed by atoms with Gasteiger partial charge in [-0.2, -0.15) is 5.10 Å². The second kappa shape index (κ2) is 4.16. The highest BCUT2D eigenvalue weighted by molar-refractivity contribution is 5.78. The molecule has 1 aliphatic heterocycles. The van der Waals surface area contributed by atoms with Crippen LogP contribution in [-0.4, -0.2) is 15.2 Å². The molecular formula is C15H10FN3O. The fourth-order valence-corrected chi connectivity index (χ4v) is 2.44. The van der Waals surface area contributed by atoms with Crippen molar-refractivity contribution in [2.24, 2.45) is 0 Å². The summed E-state index contributed by atoms with van der Waals surface area (Å²) in [6, 6.07) is 8.27. The fourth-order valence-electron chi connectivity index (χ4n) is 2.44. The highest BCUT2D eigenvalue weighted by Gasteiger charge is 2.24. The summed E-state index contributed by atoms with van der Waals surface area (Å²) in [7, 11) is 0. The molecule has 20 heavy (non-hydrogen) atoms. The Balaban J connectivity index is 1.91. The van der Waals surface area contributed by atoms with Crippen LogP contribution >= 0.6 is 0 Å². The predicted octanol–water partition coefficient (Wildman–Crippen LogP) is 3.17. The monoisotopic (exact) mass is 267 g/mol. The van der Waals surface area contributed by atoms with E-state index >= 15 is 0 Å². The van der Waals surface area contributed by atoms with Crippen LogP contribution in [0.3, 0.4) is 0 Å². The Morgan fingerprint density at radius 1 is 1.25 bits per heavy atom. The van der Waals surface area contributed by atoms with Crippen LogP contribution < -0.4 is 4.74 Å². The number of fused-ring (bicyclic) bond motifs is 3. The number of hydrogen-bond acceptors (Lipinski definition) is 3. The number of aromatic nitrogens is 3. The first-order chi connectivity index (χ1) is 9.83. The van der Waals surface area contributed by atoms with E-state index in [9.17, 15) is 4.39 Å². The molecule has 0 bridgehead atoms. The van der Waals surface area contributed by atoms with E-state index in [-0.39, 0.29) is 5.82 Å². The maximum absolute atomic E-state index is 13.4. The lowest BCUT2D eigenvalue weighted by Gasteiger charge is -2.17. The molecule has 0 saturated heterocycles. The molecule has 98 valence electrons. The minimum absolute atomic E-state index is 0.294. The quantitative estimate of drug-likeness (QED) is 0.736. The van der Waals surface area contributed by atoms with Gasteiger partial charge in [0.1, 0.15) is 23.9 Å². The number of H-pyrrole nitrogens is 1. The van der Waals surface area contributed by atoms with E-state index in [1.54, 1.807) is 18.5 Å². The summed E-state index contributed by atoms with van der Waals surface area (Å²) in [6.45, 7) is 0.411. The predicted molar refractivity (Wildman–Crippen MR) is 71.5 cm³/mol. The molecule has 3 heterocycles. The van der Waals surface area contributed by atoms with Crippen molar-refractivity contribution < 1.29 is 9.13 Å². The highest BCUT2D eigenvalue weighted by Crippen LogP contribution is 2.39. The van der Waals surface area contributed by atoms with Crippen molar-refractivity contribution in [3.63, 3.8) is 0 Å². The normalized spacial score (nSPS) is 12.4. The first-order valence-electron chi connectivity index (χ1n) is 6.23. The van der Waals surface area contributed by atoms with E-state index in [4.69, 9.17) is 4.74 Å². The number of nitrogens with zero attached hydrogens (tertiary/aromatic N) is 2. The molecule has 3 aromatic rings. The van der Waals surface area contributed by atoms with Crippen molar-refractivity contribution in [1.29, 1.82) is 0 Å². The molecule has 0 radical (unpaired) electrons. The molecule has 0 atom stereocenters. The largest absolute Gasteiger partial charge is 0.488 e. The van der Waals surface area contributed by atoms with Gasteiger partial charge in [0.2, 0.25) is 0 Å². The zero-order valence-electron chi connectivity index (χ0n) is 10.4. The molecular weight excluding hydrogens is 257 g/mol. The van der Waals surface area contributed by atoms with Gasteiger partial charge >= 0.3 is 0 Å².